The molecule has 1 aliphatic rings. The van der Waals surface area contributed by atoms with Crippen LogP contribution in [0, 0.1) is 13.8 Å². The van der Waals surface area contributed by atoms with Crippen LogP contribution in [-0.4, -0.2) is 35.3 Å². The molecule has 0 fully saturated rings. The van der Waals surface area contributed by atoms with Crippen molar-refractivity contribution >= 4 is 63.1 Å². The van der Waals surface area contributed by atoms with E-state index in [0.29, 0.717) is 35.0 Å². The zero-order valence-electron chi connectivity index (χ0n) is 20.3. The van der Waals surface area contributed by atoms with Gasteiger partial charge in [-0.05, 0) is 62.7 Å². The molecule has 37 heavy (non-hydrogen) atoms. The third kappa shape index (κ3) is 5.55. The molecule has 0 aliphatic carbocycles. The van der Waals surface area contributed by atoms with Gasteiger partial charge in [-0.3, -0.25) is 19.7 Å². The molecule has 190 valence electrons. The molecule has 9 nitrogen and oxygen atoms in total. The predicted molar refractivity (Wildman–Crippen MR) is 142 cm³/mol. The molecule has 1 aliphatic heterocycles. The van der Waals surface area contributed by atoms with Crippen LogP contribution in [0.4, 0.5) is 16.5 Å². The maximum absolute atomic E-state index is 13.1. The predicted octanol–water partition coefficient (Wildman–Crippen LogP) is 5.01. The SMILES string of the molecule is CCCOC(=O)c1ccc(N2C(=O)C(Cl)=C(Nc3cccc(C(=O)Nc4nc(C)c(C)s4)c3)C2=O)cc1. The van der Waals surface area contributed by atoms with Crippen molar-refractivity contribution in [2.75, 3.05) is 22.1 Å². The zero-order valence-corrected chi connectivity index (χ0v) is 21.8. The largest absolute Gasteiger partial charge is 0.462 e. The molecule has 0 unspecified atom stereocenters. The van der Waals surface area contributed by atoms with Gasteiger partial charge in [0, 0.05) is 16.1 Å². The number of amides is 3. The van der Waals surface area contributed by atoms with Crippen molar-refractivity contribution in [1.29, 1.82) is 0 Å². The topological polar surface area (TPSA) is 118 Å². The number of benzene rings is 2. The first-order valence-electron chi connectivity index (χ1n) is 11.4. The van der Waals surface area contributed by atoms with Crippen LogP contribution in [0.5, 0.6) is 0 Å². The molecule has 0 spiro atoms. The van der Waals surface area contributed by atoms with E-state index >= 15 is 0 Å². The number of ether oxygens (including phenoxy) is 1. The number of esters is 1. The number of hydrogen-bond donors (Lipinski definition) is 2. The first-order chi connectivity index (χ1) is 17.7. The second kappa shape index (κ2) is 10.9. The molecular weight excluding hydrogens is 516 g/mol. The number of aromatic nitrogens is 1. The Labute approximate surface area is 222 Å². The van der Waals surface area contributed by atoms with Gasteiger partial charge in [-0.25, -0.2) is 14.7 Å². The molecule has 0 radical (unpaired) electrons. The van der Waals surface area contributed by atoms with Crippen LogP contribution in [0.2, 0.25) is 0 Å². The number of nitrogens with one attached hydrogen (secondary N) is 2. The minimum atomic E-state index is -0.709. The highest BCUT2D eigenvalue weighted by Gasteiger charge is 2.39. The fourth-order valence-corrected chi connectivity index (χ4v) is 4.47. The van der Waals surface area contributed by atoms with Gasteiger partial charge in [0.15, 0.2) is 5.13 Å². The molecule has 11 heteroatoms. The van der Waals surface area contributed by atoms with Crippen molar-refractivity contribution < 1.29 is 23.9 Å². The van der Waals surface area contributed by atoms with Crippen LogP contribution in [0.1, 0.15) is 44.6 Å². The number of hydrogen-bond acceptors (Lipinski definition) is 8. The second-order valence-corrected chi connectivity index (χ2v) is 9.72. The zero-order chi connectivity index (χ0) is 26.7. The molecule has 0 saturated carbocycles. The third-order valence-corrected chi connectivity index (χ3v) is 6.81. The van der Waals surface area contributed by atoms with E-state index in [1.54, 1.807) is 18.2 Å². The van der Waals surface area contributed by atoms with Crippen molar-refractivity contribution in [2.45, 2.75) is 27.2 Å². The quantitative estimate of drug-likeness (QED) is 0.305. The molecule has 0 atom stereocenters. The number of thiazole rings is 1. The minimum Gasteiger partial charge on any atom is -0.462 e. The average Bonchev–Trinajstić information content (AvgIpc) is 3.31. The molecule has 3 aromatic rings. The van der Waals surface area contributed by atoms with Crippen LogP contribution in [-0.2, 0) is 14.3 Å². The number of halogens is 1. The number of carbonyl (C=O) groups is 4. The molecule has 2 heterocycles. The maximum Gasteiger partial charge on any atom is 0.338 e. The molecule has 2 aromatic carbocycles. The van der Waals surface area contributed by atoms with E-state index in [9.17, 15) is 19.2 Å². The summed E-state index contributed by atoms with van der Waals surface area (Å²) in [7, 11) is 0. The smallest absolute Gasteiger partial charge is 0.338 e. The Morgan fingerprint density at radius 2 is 1.78 bits per heavy atom. The average molecular weight is 539 g/mol. The van der Waals surface area contributed by atoms with E-state index in [2.05, 4.69) is 15.6 Å². The standard InChI is InChI=1S/C26H23ClN4O5S/c1-4-12-36-25(35)16-8-10-19(11-9-16)31-23(33)20(27)21(24(31)34)29-18-7-5-6-17(13-18)22(32)30-26-28-14(2)15(3)37-26/h5-11,13,29H,4,12H2,1-3H3,(H,28,30,32). The Hall–Kier alpha value is -4.02. The number of aryl methyl sites for hydroxylation is 2. The fraction of sp³-hybridized carbons (Fsp3) is 0.192. The molecule has 0 saturated heterocycles. The van der Waals surface area contributed by atoms with Gasteiger partial charge in [-0.1, -0.05) is 24.6 Å². The van der Waals surface area contributed by atoms with Gasteiger partial charge >= 0.3 is 5.97 Å². The molecule has 3 amide bonds. The summed E-state index contributed by atoms with van der Waals surface area (Å²) in [5.41, 5.74) is 1.99. The summed E-state index contributed by atoms with van der Waals surface area (Å²) in [6, 6.07) is 12.3. The van der Waals surface area contributed by atoms with Gasteiger partial charge in [0.1, 0.15) is 10.7 Å². The van der Waals surface area contributed by atoms with E-state index in [-0.39, 0.29) is 22.3 Å². The lowest BCUT2D eigenvalue weighted by Crippen LogP contribution is -2.32. The normalized spacial score (nSPS) is 13.2. The van der Waals surface area contributed by atoms with Gasteiger partial charge in [0.2, 0.25) is 0 Å². The summed E-state index contributed by atoms with van der Waals surface area (Å²) in [5, 5.41) is 5.82. The van der Waals surface area contributed by atoms with Crippen molar-refractivity contribution in [3.8, 4) is 0 Å². The highest BCUT2D eigenvalue weighted by atomic mass is 35.5. The fourth-order valence-electron chi connectivity index (χ4n) is 3.45. The Kier molecular flexibility index (Phi) is 7.70. The molecular formula is C26H23ClN4O5S. The highest BCUT2D eigenvalue weighted by Crippen LogP contribution is 2.31. The minimum absolute atomic E-state index is 0.123. The van der Waals surface area contributed by atoms with E-state index < -0.39 is 17.8 Å². The van der Waals surface area contributed by atoms with Gasteiger partial charge < -0.3 is 10.1 Å². The Morgan fingerprint density at radius 1 is 1.05 bits per heavy atom. The second-order valence-electron chi connectivity index (χ2n) is 8.14. The Balaban J connectivity index is 1.48. The van der Waals surface area contributed by atoms with E-state index in [1.165, 1.54) is 41.7 Å². The van der Waals surface area contributed by atoms with Gasteiger partial charge in [-0.15, -0.1) is 11.3 Å². The molecule has 4 rings (SSSR count). The van der Waals surface area contributed by atoms with E-state index in [1.807, 2.05) is 20.8 Å². The summed E-state index contributed by atoms with van der Waals surface area (Å²) in [4.78, 5) is 56.9. The van der Waals surface area contributed by atoms with Gasteiger partial charge in [-0.2, -0.15) is 0 Å². The number of carbonyl (C=O) groups excluding carboxylic acids is 4. The molecule has 2 N–H and O–H groups in total. The molecule has 0 bridgehead atoms. The lowest BCUT2D eigenvalue weighted by molar-refractivity contribution is -0.120. The van der Waals surface area contributed by atoms with Crippen molar-refractivity contribution in [2.24, 2.45) is 0 Å². The number of rotatable bonds is 8. The summed E-state index contributed by atoms with van der Waals surface area (Å²) in [6.45, 7) is 5.97. The van der Waals surface area contributed by atoms with Gasteiger partial charge in [0.25, 0.3) is 17.7 Å². The summed E-state index contributed by atoms with van der Waals surface area (Å²) in [5.74, 6) is -2.24. The summed E-state index contributed by atoms with van der Waals surface area (Å²) < 4.78 is 5.09. The van der Waals surface area contributed by atoms with Crippen LogP contribution < -0.4 is 15.5 Å². The van der Waals surface area contributed by atoms with Crippen molar-refractivity contribution in [1.82, 2.24) is 4.98 Å². The van der Waals surface area contributed by atoms with Crippen LogP contribution in [0.15, 0.2) is 59.3 Å². The monoisotopic (exact) mass is 538 g/mol. The van der Waals surface area contributed by atoms with Crippen LogP contribution >= 0.6 is 22.9 Å². The lowest BCUT2D eigenvalue weighted by Gasteiger charge is -2.15. The van der Waals surface area contributed by atoms with Crippen LogP contribution in [0.25, 0.3) is 0 Å². The first kappa shape index (κ1) is 26.1. The first-order valence-corrected chi connectivity index (χ1v) is 12.6. The highest BCUT2D eigenvalue weighted by molar-refractivity contribution is 7.15. The van der Waals surface area contributed by atoms with E-state index in [0.717, 1.165) is 15.5 Å². The number of imide groups is 1. The van der Waals surface area contributed by atoms with E-state index in [4.69, 9.17) is 16.3 Å². The van der Waals surface area contributed by atoms with Gasteiger partial charge in [0.05, 0.1) is 23.6 Å². The summed E-state index contributed by atoms with van der Waals surface area (Å²) in [6.07, 6.45) is 0.694. The maximum atomic E-state index is 13.1. The number of nitrogens with zero attached hydrogens (tertiary/aromatic N) is 2. The summed E-state index contributed by atoms with van der Waals surface area (Å²) >= 11 is 7.60. The van der Waals surface area contributed by atoms with Crippen molar-refractivity contribution in [3.05, 3.63) is 81.0 Å². The third-order valence-electron chi connectivity index (χ3n) is 5.47. The van der Waals surface area contributed by atoms with Crippen molar-refractivity contribution in [3.63, 3.8) is 0 Å². The molecule has 1 aromatic heterocycles. The Bertz CT molecular complexity index is 1410. The Morgan fingerprint density at radius 3 is 2.43 bits per heavy atom. The lowest BCUT2D eigenvalue weighted by atomic mass is 10.2. The van der Waals surface area contributed by atoms with Crippen LogP contribution in [0.3, 0.4) is 0 Å². The number of anilines is 3.